The number of nitrogens with one attached hydrogen (secondary N) is 2. The predicted octanol–water partition coefficient (Wildman–Crippen LogP) is 2.13. The summed E-state index contributed by atoms with van der Waals surface area (Å²) in [5, 5.41) is 6.45. The molecule has 4 N–H and O–H groups in total. The van der Waals surface area contributed by atoms with Crippen LogP contribution in [0.25, 0.3) is 0 Å². The van der Waals surface area contributed by atoms with Gasteiger partial charge in [-0.3, -0.25) is 9.59 Å². The molecule has 0 radical (unpaired) electrons. The van der Waals surface area contributed by atoms with Crippen molar-refractivity contribution in [3.63, 3.8) is 0 Å². The number of hydrogen-bond donors (Lipinski definition) is 3. The summed E-state index contributed by atoms with van der Waals surface area (Å²) in [5.41, 5.74) is 6.59. The lowest BCUT2D eigenvalue weighted by molar-refractivity contribution is -0.121. The first-order valence-corrected chi connectivity index (χ1v) is 9.80. The fourth-order valence-corrected chi connectivity index (χ4v) is 3.94. The average molecular weight is 388 g/mol. The normalized spacial score (nSPS) is 18.9. The lowest BCUT2D eigenvalue weighted by Crippen LogP contribution is -2.37. The van der Waals surface area contributed by atoms with Gasteiger partial charge in [-0.15, -0.1) is 0 Å². The monoisotopic (exact) mass is 388 g/mol. The molecule has 1 aromatic carbocycles. The van der Waals surface area contributed by atoms with E-state index in [1.54, 1.807) is 7.11 Å². The molecule has 144 valence electrons. The highest BCUT2D eigenvalue weighted by molar-refractivity contribution is 7.17. The van der Waals surface area contributed by atoms with Gasteiger partial charge in [0.1, 0.15) is 10.6 Å². The zero-order valence-corrected chi connectivity index (χ0v) is 16.1. The summed E-state index contributed by atoms with van der Waals surface area (Å²) < 4.78 is 5.32. The van der Waals surface area contributed by atoms with Crippen molar-refractivity contribution < 1.29 is 14.3 Å². The van der Waals surface area contributed by atoms with E-state index in [-0.39, 0.29) is 23.9 Å². The van der Waals surface area contributed by atoms with Gasteiger partial charge in [0.15, 0.2) is 5.13 Å². The minimum atomic E-state index is -0.155. The molecule has 1 aliphatic rings. The van der Waals surface area contributed by atoms with Crippen LogP contribution in [-0.2, 0) is 11.2 Å². The number of thiazole rings is 1. The van der Waals surface area contributed by atoms with Crippen molar-refractivity contribution in [2.24, 2.45) is 0 Å². The number of aromatic nitrogens is 1. The Labute approximate surface area is 162 Å². The maximum absolute atomic E-state index is 12.3. The molecule has 1 aromatic heterocycles. The minimum Gasteiger partial charge on any atom is -0.496 e. The maximum atomic E-state index is 12.3. The van der Waals surface area contributed by atoms with E-state index < -0.39 is 0 Å². The van der Waals surface area contributed by atoms with Crippen LogP contribution in [-0.4, -0.2) is 36.0 Å². The third kappa shape index (κ3) is 5.19. The molecule has 2 atom stereocenters. The van der Waals surface area contributed by atoms with E-state index in [0.29, 0.717) is 22.9 Å². The van der Waals surface area contributed by atoms with E-state index >= 15 is 0 Å². The first-order chi connectivity index (χ1) is 13.0. The van der Waals surface area contributed by atoms with Crippen molar-refractivity contribution in [1.82, 2.24) is 15.6 Å². The van der Waals surface area contributed by atoms with Gasteiger partial charge >= 0.3 is 0 Å². The van der Waals surface area contributed by atoms with Gasteiger partial charge in [0.05, 0.1) is 13.3 Å². The van der Waals surface area contributed by atoms with Crippen LogP contribution in [0, 0.1) is 0 Å². The molecule has 1 aliphatic carbocycles. The van der Waals surface area contributed by atoms with Gasteiger partial charge in [-0.05, 0) is 37.3 Å². The first kappa shape index (κ1) is 19.2. The number of carbonyl (C=O) groups is 2. The van der Waals surface area contributed by atoms with Crippen molar-refractivity contribution in [2.75, 3.05) is 12.8 Å². The van der Waals surface area contributed by atoms with E-state index in [0.717, 1.165) is 30.6 Å². The molecule has 27 heavy (non-hydrogen) atoms. The van der Waals surface area contributed by atoms with Gasteiger partial charge in [-0.1, -0.05) is 29.5 Å². The third-order valence-electron chi connectivity index (χ3n) is 4.69. The number of ether oxygens (including phenoxy) is 1. The van der Waals surface area contributed by atoms with Crippen molar-refractivity contribution >= 4 is 28.3 Å². The lowest BCUT2D eigenvalue weighted by Gasteiger charge is -2.15. The summed E-state index contributed by atoms with van der Waals surface area (Å²) >= 11 is 1.17. The fourth-order valence-electron chi connectivity index (χ4n) is 3.35. The molecule has 2 amide bonds. The maximum Gasteiger partial charge on any atom is 0.263 e. The quantitative estimate of drug-likeness (QED) is 0.674. The number of anilines is 1. The molecule has 0 unspecified atom stereocenters. The highest BCUT2D eigenvalue weighted by Crippen LogP contribution is 2.22. The van der Waals surface area contributed by atoms with E-state index in [4.69, 9.17) is 10.5 Å². The zero-order valence-electron chi connectivity index (χ0n) is 15.2. The van der Waals surface area contributed by atoms with E-state index in [9.17, 15) is 9.59 Å². The number of carbonyl (C=O) groups excluding carboxylic acids is 2. The van der Waals surface area contributed by atoms with Crippen LogP contribution >= 0.6 is 11.3 Å². The Balaban J connectivity index is 1.42. The van der Waals surface area contributed by atoms with Gasteiger partial charge in [0.2, 0.25) is 5.91 Å². The molecular formula is C19H24N4O3S. The fraction of sp³-hybridized carbons (Fsp3) is 0.421. The SMILES string of the molecule is COc1ccccc1CCC(=O)N[C@@H]1CC[C@H](NC(=O)c2cnc(N)s2)C1. The largest absolute Gasteiger partial charge is 0.496 e. The molecular weight excluding hydrogens is 364 g/mol. The Morgan fingerprint density at radius 3 is 2.70 bits per heavy atom. The lowest BCUT2D eigenvalue weighted by atomic mass is 10.1. The van der Waals surface area contributed by atoms with Gasteiger partial charge < -0.3 is 21.1 Å². The van der Waals surface area contributed by atoms with E-state index in [2.05, 4.69) is 15.6 Å². The standard InChI is InChI=1S/C19H24N4O3S/c1-26-15-5-3-2-4-12(15)6-9-17(24)22-13-7-8-14(10-13)23-18(25)16-11-21-19(20)27-16/h2-5,11,13-14H,6-10H2,1H3,(H2,20,21)(H,22,24)(H,23,25)/t13-,14+/m1/s1. The number of methoxy groups -OCH3 is 1. The number of nitrogens with zero attached hydrogens (tertiary/aromatic N) is 1. The Kier molecular flexibility index (Phi) is 6.28. The number of rotatable bonds is 7. The number of hydrogen-bond acceptors (Lipinski definition) is 6. The van der Waals surface area contributed by atoms with Gasteiger partial charge in [0, 0.05) is 18.5 Å². The summed E-state index contributed by atoms with van der Waals surface area (Å²) in [5.74, 6) is 0.670. The third-order valence-corrected chi connectivity index (χ3v) is 5.52. The van der Waals surface area contributed by atoms with Crippen LogP contribution in [0.15, 0.2) is 30.5 Å². The first-order valence-electron chi connectivity index (χ1n) is 8.98. The van der Waals surface area contributed by atoms with Gasteiger partial charge in [-0.2, -0.15) is 0 Å². The molecule has 1 heterocycles. The van der Waals surface area contributed by atoms with Crippen LogP contribution in [0.1, 0.15) is 40.9 Å². The molecule has 0 saturated heterocycles. The molecule has 1 saturated carbocycles. The van der Waals surface area contributed by atoms with E-state index in [1.807, 2.05) is 24.3 Å². The summed E-state index contributed by atoms with van der Waals surface area (Å²) in [4.78, 5) is 28.8. The molecule has 2 aromatic rings. The van der Waals surface area contributed by atoms with Crippen LogP contribution < -0.4 is 21.1 Å². The topological polar surface area (TPSA) is 106 Å². The second-order valence-corrected chi connectivity index (χ2v) is 7.68. The van der Waals surface area contributed by atoms with Crippen molar-refractivity contribution in [3.05, 3.63) is 40.9 Å². The Hall–Kier alpha value is -2.61. The predicted molar refractivity (Wildman–Crippen MR) is 105 cm³/mol. The Morgan fingerprint density at radius 2 is 2.00 bits per heavy atom. The second-order valence-electron chi connectivity index (χ2n) is 6.62. The molecule has 0 bridgehead atoms. The number of benzene rings is 1. The van der Waals surface area contributed by atoms with Crippen LogP contribution in [0.3, 0.4) is 0 Å². The second kappa shape index (κ2) is 8.85. The van der Waals surface area contributed by atoms with Crippen LogP contribution in [0.2, 0.25) is 0 Å². The van der Waals surface area contributed by atoms with Crippen LogP contribution in [0.4, 0.5) is 5.13 Å². The van der Waals surface area contributed by atoms with Gasteiger partial charge in [-0.25, -0.2) is 4.98 Å². The summed E-state index contributed by atoms with van der Waals surface area (Å²) in [7, 11) is 1.63. The molecule has 1 fully saturated rings. The highest BCUT2D eigenvalue weighted by atomic mass is 32.1. The summed E-state index contributed by atoms with van der Waals surface area (Å²) in [6.45, 7) is 0. The Morgan fingerprint density at radius 1 is 1.26 bits per heavy atom. The number of nitrogens with two attached hydrogens (primary N) is 1. The molecule has 0 spiro atoms. The number of para-hydroxylation sites is 1. The average Bonchev–Trinajstić information content (AvgIpc) is 3.29. The van der Waals surface area contributed by atoms with Crippen LogP contribution in [0.5, 0.6) is 5.75 Å². The minimum absolute atomic E-state index is 0.0214. The number of nitrogen functional groups attached to an aromatic ring is 1. The smallest absolute Gasteiger partial charge is 0.263 e. The summed E-state index contributed by atoms with van der Waals surface area (Å²) in [6, 6.07) is 7.87. The van der Waals surface area contributed by atoms with Gasteiger partial charge in [0.25, 0.3) is 5.91 Å². The molecule has 7 nitrogen and oxygen atoms in total. The molecule has 8 heteroatoms. The van der Waals surface area contributed by atoms with E-state index in [1.165, 1.54) is 17.5 Å². The summed E-state index contributed by atoms with van der Waals surface area (Å²) in [6.07, 6.45) is 4.97. The zero-order chi connectivity index (χ0) is 19.2. The van der Waals surface area contributed by atoms with Crippen molar-refractivity contribution in [3.8, 4) is 5.75 Å². The Bertz CT molecular complexity index is 808. The highest BCUT2D eigenvalue weighted by Gasteiger charge is 2.27. The molecule has 0 aliphatic heterocycles. The van der Waals surface area contributed by atoms with Crippen molar-refractivity contribution in [1.29, 1.82) is 0 Å². The van der Waals surface area contributed by atoms with Crippen molar-refractivity contribution in [2.45, 2.75) is 44.2 Å². The molecule has 3 rings (SSSR count). The number of aryl methyl sites for hydroxylation is 1. The number of amides is 2.